The molecule has 0 aromatic carbocycles. The lowest BCUT2D eigenvalue weighted by Gasteiger charge is -2.35. The van der Waals surface area contributed by atoms with Gasteiger partial charge in [0.2, 0.25) is 11.8 Å². The quantitative estimate of drug-likeness (QED) is 0.183. The molecule has 0 bridgehead atoms. The molecule has 1 rings (SSSR count). The molecule has 0 radical (unpaired) electrons. The van der Waals surface area contributed by atoms with Crippen molar-refractivity contribution in [2.75, 3.05) is 27.7 Å². The number of nitrogens with zero attached hydrogens (tertiary/aromatic N) is 1. The molecule has 4 unspecified atom stereocenters. The summed E-state index contributed by atoms with van der Waals surface area (Å²) in [5.41, 5.74) is 5.54. The molecule has 228 valence electrons. The topological polar surface area (TPSA) is 126 Å². The van der Waals surface area contributed by atoms with Gasteiger partial charge in [0.1, 0.15) is 11.1 Å². The largest absolute Gasteiger partial charge is 0.378 e. The number of carbonyl (C=O) groups excluding carboxylic acids is 3. The number of primary amides is 1. The zero-order valence-electron chi connectivity index (χ0n) is 26.0. The van der Waals surface area contributed by atoms with Crippen molar-refractivity contribution < 1.29 is 19.1 Å². The minimum atomic E-state index is -0.190. The number of thioether (sulfide) groups is 1. The fraction of sp³-hybridized carbons (Fsp3) is 0.828. The number of amides is 3. The van der Waals surface area contributed by atoms with Crippen LogP contribution in [0.4, 0.5) is 0 Å². The Labute approximate surface area is 242 Å². The lowest BCUT2D eigenvalue weighted by atomic mass is 9.95. The van der Waals surface area contributed by atoms with Crippen molar-refractivity contribution in [1.29, 1.82) is 0 Å². The molecule has 0 aromatic rings. The van der Waals surface area contributed by atoms with Gasteiger partial charge in [-0.15, -0.1) is 11.8 Å². The van der Waals surface area contributed by atoms with E-state index < -0.39 is 0 Å². The lowest BCUT2D eigenvalue weighted by molar-refractivity contribution is -0.134. The van der Waals surface area contributed by atoms with E-state index in [4.69, 9.17) is 10.5 Å². The lowest BCUT2D eigenvalue weighted by Crippen LogP contribution is -2.47. The van der Waals surface area contributed by atoms with E-state index in [1.165, 1.54) is 0 Å². The van der Waals surface area contributed by atoms with Gasteiger partial charge in [-0.3, -0.25) is 14.4 Å². The minimum Gasteiger partial charge on any atom is -0.378 e. The number of hydrogen-bond acceptors (Lipinski definition) is 7. The van der Waals surface area contributed by atoms with Crippen LogP contribution in [0.1, 0.15) is 92.9 Å². The predicted molar refractivity (Wildman–Crippen MR) is 163 cm³/mol. The highest BCUT2D eigenvalue weighted by atomic mass is 32.2. The highest BCUT2D eigenvalue weighted by molar-refractivity contribution is 8.03. The minimum absolute atomic E-state index is 0.0444. The number of nitrogens with two attached hydrogens (primary N) is 1. The maximum absolute atomic E-state index is 12.7. The van der Waals surface area contributed by atoms with E-state index >= 15 is 0 Å². The molecule has 5 N–H and O–H groups in total. The van der Waals surface area contributed by atoms with E-state index in [0.717, 1.165) is 45.1 Å². The number of methoxy groups -OCH3 is 1. The molecule has 39 heavy (non-hydrogen) atoms. The Balaban J connectivity index is 0.00000122. The van der Waals surface area contributed by atoms with Gasteiger partial charge >= 0.3 is 0 Å². The summed E-state index contributed by atoms with van der Waals surface area (Å²) < 4.78 is 5.79. The normalized spacial score (nSPS) is 17.7. The maximum Gasteiger partial charge on any atom is 0.268 e. The van der Waals surface area contributed by atoms with Crippen molar-refractivity contribution in [1.82, 2.24) is 20.9 Å². The van der Waals surface area contributed by atoms with Crippen LogP contribution in [-0.2, 0) is 19.1 Å². The van der Waals surface area contributed by atoms with Crippen molar-refractivity contribution in [3.63, 3.8) is 0 Å². The van der Waals surface area contributed by atoms with E-state index in [1.54, 1.807) is 18.9 Å². The van der Waals surface area contributed by atoms with Gasteiger partial charge in [-0.1, -0.05) is 47.5 Å². The fourth-order valence-corrected chi connectivity index (χ4v) is 5.12. The van der Waals surface area contributed by atoms with Gasteiger partial charge < -0.3 is 31.3 Å². The molecule has 1 heterocycles. The third-order valence-corrected chi connectivity index (χ3v) is 8.30. The molecule has 0 spiro atoms. The third kappa shape index (κ3) is 15.6. The van der Waals surface area contributed by atoms with Crippen LogP contribution in [0.2, 0.25) is 0 Å². The molecule has 9 nitrogen and oxygen atoms in total. The molecule has 1 aliphatic heterocycles. The fourth-order valence-electron chi connectivity index (χ4n) is 4.07. The average molecular weight is 572 g/mol. The molecule has 0 saturated heterocycles. The van der Waals surface area contributed by atoms with E-state index in [0.29, 0.717) is 30.4 Å². The Kier molecular flexibility index (Phi) is 20.1. The zero-order chi connectivity index (χ0) is 30.0. The zero-order valence-corrected chi connectivity index (χ0v) is 26.8. The van der Waals surface area contributed by atoms with Crippen molar-refractivity contribution in [2.24, 2.45) is 17.6 Å². The number of carbonyl (C=O) groups is 3. The van der Waals surface area contributed by atoms with Gasteiger partial charge in [0.25, 0.3) is 5.91 Å². The van der Waals surface area contributed by atoms with Crippen LogP contribution in [0.15, 0.2) is 11.1 Å². The smallest absolute Gasteiger partial charge is 0.268 e. The molecular formula is C29H57N5O4S. The van der Waals surface area contributed by atoms with Gasteiger partial charge in [0, 0.05) is 44.5 Å². The molecule has 10 heteroatoms. The molecule has 0 saturated carbocycles. The Hall–Kier alpha value is -1.78. The van der Waals surface area contributed by atoms with Crippen LogP contribution < -0.4 is 21.7 Å². The van der Waals surface area contributed by atoms with E-state index in [1.807, 2.05) is 38.3 Å². The molecule has 0 fully saturated rings. The molecular weight excluding hydrogens is 514 g/mol. The van der Waals surface area contributed by atoms with Crippen molar-refractivity contribution in [3.8, 4) is 0 Å². The second-order valence-corrected chi connectivity index (χ2v) is 12.0. The second-order valence-electron chi connectivity index (χ2n) is 10.9. The summed E-state index contributed by atoms with van der Waals surface area (Å²) >= 11 is 1.57. The van der Waals surface area contributed by atoms with Crippen molar-refractivity contribution in [2.45, 2.75) is 116 Å². The Morgan fingerprint density at radius 1 is 1.13 bits per heavy atom. The third-order valence-electron chi connectivity index (χ3n) is 7.21. The van der Waals surface area contributed by atoms with Crippen molar-refractivity contribution in [3.05, 3.63) is 11.1 Å². The Morgan fingerprint density at radius 3 is 2.31 bits per heavy atom. The SMILES string of the molecule is CCC(C)NC(=O)C1=CSC(C(CC(C(C)C)N(C)C(=O)C[C@@H](C)CC)OC)N1.CNCCCCCC(N)=O. The Morgan fingerprint density at radius 2 is 1.79 bits per heavy atom. The van der Waals surface area contributed by atoms with Crippen LogP contribution >= 0.6 is 11.8 Å². The van der Waals surface area contributed by atoms with Gasteiger partial charge in [0.15, 0.2) is 0 Å². The van der Waals surface area contributed by atoms with Crippen LogP contribution in [0.3, 0.4) is 0 Å². The Bertz CT molecular complexity index is 749. The van der Waals surface area contributed by atoms with Crippen molar-refractivity contribution >= 4 is 29.5 Å². The summed E-state index contributed by atoms with van der Waals surface area (Å²) in [7, 11) is 5.52. The summed E-state index contributed by atoms with van der Waals surface area (Å²) in [4.78, 5) is 37.2. The molecule has 1 aliphatic rings. The first-order valence-electron chi connectivity index (χ1n) is 14.6. The monoisotopic (exact) mass is 571 g/mol. The average Bonchev–Trinajstić information content (AvgIpc) is 3.39. The molecule has 5 atom stereocenters. The first-order chi connectivity index (χ1) is 18.4. The van der Waals surface area contributed by atoms with Gasteiger partial charge in [0.05, 0.1) is 6.10 Å². The van der Waals surface area contributed by atoms with E-state index in [9.17, 15) is 14.4 Å². The van der Waals surface area contributed by atoms with Crippen LogP contribution in [0.5, 0.6) is 0 Å². The molecule has 0 aliphatic carbocycles. The number of unbranched alkanes of at least 4 members (excludes halogenated alkanes) is 2. The van der Waals surface area contributed by atoms with Gasteiger partial charge in [-0.25, -0.2) is 0 Å². The first-order valence-corrected chi connectivity index (χ1v) is 15.5. The molecule has 3 amide bonds. The van der Waals surface area contributed by atoms with Gasteiger partial charge in [-0.05, 0) is 58.0 Å². The standard InChI is InChI=1S/C22H41N3O3S.C7H16N2O/c1-9-15(5)11-20(26)25(7)18(14(3)4)12-19(28-8)22-24-17(13-29-22)21(27)23-16(6)10-2;1-9-6-4-2-3-5-7(8)10/h13-16,18-19,22,24H,9-12H2,1-8H3,(H,23,27);9H,2-6H2,1H3,(H2,8,10)/t15-,16?,18?,19?,22?;/m0./s1. The van der Waals surface area contributed by atoms with E-state index in [2.05, 4.69) is 43.6 Å². The summed E-state index contributed by atoms with van der Waals surface area (Å²) in [6.45, 7) is 13.6. The number of nitrogens with one attached hydrogen (secondary N) is 3. The summed E-state index contributed by atoms with van der Waals surface area (Å²) in [6.07, 6.45) is 6.75. The highest BCUT2D eigenvalue weighted by Gasteiger charge is 2.34. The molecule has 0 aromatic heterocycles. The summed E-state index contributed by atoms with van der Waals surface area (Å²) in [5, 5.41) is 11.2. The number of hydrogen-bond donors (Lipinski definition) is 4. The maximum atomic E-state index is 12.7. The highest BCUT2D eigenvalue weighted by Crippen LogP contribution is 2.29. The van der Waals surface area contributed by atoms with Crippen LogP contribution in [-0.4, -0.2) is 73.9 Å². The second kappa shape index (κ2) is 21.0. The summed E-state index contributed by atoms with van der Waals surface area (Å²) in [6, 6.07) is 0.222. The number of ether oxygens (including phenoxy) is 1. The number of rotatable bonds is 18. The summed E-state index contributed by atoms with van der Waals surface area (Å²) in [5.74, 6) is 0.617. The van der Waals surface area contributed by atoms with Crippen LogP contribution in [0, 0.1) is 11.8 Å². The van der Waals surface area contributed by atoms with Crippen LogP contribution in [0.25, 0.3) is 0 Å². The van der Waals surface area contributed by atoms with E-state index in [-0.39, 0.29) is 41.3 Å². The van der Waals surface area contributed by atoms with Gasteiger partial charge in [-0.2, -0.15) is 0 Å². The first kappa shape index (κ1) is 37.2. The predicted octanol–water partition coefficient (Wildman–Crippen LogP) is 3.98.